The number of hydrogen-bond acceptors (Lipinski definition) is 8. The lowest BCUT2D eigenvalue weighted by molar-refractivity contribution is -0.0994. The number of aliphatic hydroxyl groups is 2. The van der Waals surface area contributed by atoms with Crippen molar-refractivity contribution >= 4 is 36.3 Å². The van der Waals surface area contributed by atoms with Crippen LogP contribution in [0.4, 0.5) is 5.95 Å². The molecule has 2 aromatic rings. The van der Waals surface area contributed by atoms with Gasteiger partial charge in [0.15, 0.2) is 10.8 Å². The van der Waals surface area contributed by atoms with Crippen molar-refractivity contribution in [2.75, 3.05) is 12.1 Å². The summed E-state index contributed by atoms with van der Waals surface area (Å²) in [5.74, 6) is -0.0771. The van der Waals surface area contributed by atoms with Gasteiger partial charge in [-0.3, -0.25) is 4.57 Å². The van der Waals surface area contributed by atoms with E-state index in [1.165, 1.54) is 17.8 Å². The molecule has 11 nitrogen and oxygen atoms in total. The van der Waals surface area contributed by atoms with Crippen molar-refractivity contribution in [2.45, 2.75) is 37.2 Å². The summed E-state index contributed by atoms with van der Waals surface area (Å²) in [6, 6.07) is -0.736. The molecule has 1 saturated carbocycles. The molecule has 6 N–H and O–H groups in total. The van der Waals surface area contributed by atoms with Crippen molar-refractivity contribution in [3.63, 3.8) is 0 Å². The van der Waals surface area contributed by atoms with Gasteiger partial charge in [0.1, 0.15) is 23.6 Å². The van der Waals surface area contributed by atoms with Crippen LogP contribution in [0.25, 0.3) is 11.2 Å². The third-order valence-electron chi connectivity index (χ3n) is 4.27. The van der Waals surface area contributed by atoms with Crippen LogP contribution in [0.5, 0.6) is 0 Å². The number of ether oxygens (including phenoxy) is 1. The molecule has 138 valence electrons. The largest absolute Gasteiger partial charge is 0.387 e. The summed E-state index contributed by atoms with van der Waals surface area (Å²) in [6.45, 7) is 1.39. The van der Waals surface area contributed by atoms with Gasteiger partial charge in [-0.05, 0) is 13.3 Å². The number of aromatic nitrogens is 4. The summed E-state index contributed by atoms with van der Waals surface area (Å²) in [6.07, 6.45) is -1.78. The molecule has 13 heteroatoms. The first-order valence-corrected chi connectivity index (χ1v) is 9.40. The fourth-order valence-electron chi connectivity index (χ4n) is 3.03. The Morgan fingerprint density at radius 1 is 1.52 bits per heavy atom. The second kappa shape index (κ2) is 6.13. The van der Waals surface area contributed by atoms with Crippen molar-refractivity contribution in [1.29, 1.82) is 0 Å². The van der Waals surface area contributed by atoms with Gasteiger partial charge >= 0.3 is 7.60 Å². The maximum Gasteiger partial charge on any atom is 0.350 e. The highest BCUT2D eigenvalue weighted by molar-refractivity contribution is 7.51. The Morgan fingerprint density at radius 3 is 2.84 bits per heavy atom. The van der Waals surface area contributed by atoms with E-state index in [1.54, 1.807) is 0 Å². The molecule has 2 aromatic heterocycles. The van der Waals surface area contributed by atoms with E-state index in [-0.39, 0.29) is 28.7 Å². The summed E-state index contributed by atoms with van der Waals surface area (Å²) < 4.78 is 17.6. The van der Waals surface area contributed by atoms with Crippen LogP contribution in [0.2, 0.25) is 5.15 Å². The van der Waals surface area contributed by atoms with E-state index in [4.69, 9.17) is 31.9 Å². The lowest BCUT2D eigenvalue weighted by atomic mass is 9.98. The number of imidazole rings is 1. The molecule has 4 atom stereocenters. The Hall–Kier alpha value is -1.33. The van der Waals surface area contributed by atoms with E-state index in [9.17, 15) is 14.8 Å². The maximum atomic E-state index is 11.0. The van der Waals surface area contributed by atoms with Gasteiger partial charge in [-0.2, -0.15) is 9.97 Å². The summed E-state index contributed by atoms with van der Waals surface area (Å²) in [4.78, 5) is 29.8. The number of nitrogens with zero attached hydrogens (tertiary/aromatic N) is 4. The molecular weight excluding hydrogens is 377 g/mol. The molecule has 1 aliphatic rings. The molecule has 0 aliphatic heterocycles. The standard InChI is InChI=1S/C12H17ClN5O6P/c1-12(20)6(2-5(8(12)19)24-4-25(21,22)23)18-3-15-7-9(13)16-11(14)17-10(7)18/h3,5-6,8,19-20H,2,4H2,1H3,(H2,14,16,17)(H2,21,22,23)/t5-,6+,8+,12?/m0/s1. The van der Waals surface area contributed by atoms with Crippen molar-refractivity contribution in [2.24, 2.45) is 0 Å². The zero-order chi connectivity index (χ0) is 18.6. The Bertz CT molecular complexity index is 854. The summed E-state index contributed by atoms with van der Waals surface area (Å²) in [7, 11) is -4.41. The molecule has 1 unspecified atom stereocenters. The molecule has 1 aliphatic carbocycles. The Balaban J connectivity index is 1.96. The van der Waals surface area contributed by atoms with Gasteiger partial charge in [-0.1, -0.05) is 11.6 Å². The minimum absolute atomic E-state index is 0.0498. The number of nitrogen functional groups attached to an aromatic ring is 1. The minimum Gasteiger partial charge on any atom is -0.387 e. The molecule has 0 bridgehead atoms. The van der Waals surface area contributed by atoms with Crippen LogP contribution in [0.15, 0.2) is 6.33 Å². The van der Waals surface area contributed by atoms with Crippen LogP contribution >= 0.6 is 19.2 Å². The molecule has 3 rings (SSSR count). The number of anilines is 1. The molecule has 0 aromatic carbocycles. The van der Waals surface area contributed by atoms with E-state index >= 15 is 0 Å². The van der Waals surface area contributed by atoms with Crippen molar-refractivity contribution in [1.82, 2.24) is 19.5 Å². The predicted molar refractivity (Wildman–Crippen MR) is 86.8 cm³/mol. The van der Waals surface area contributed by atoms with Gasteiger partial charge in [0, 0.05) is 0 Å². The quantitative estimate of drug-likeness (QED) is 0.340. The monoisotopic (exact) mass is 393 g/mol. The highest BCUT2D eigenvalue weighted by Gasteiger charge is 2.53. The lowest BCUT2D eigenvalue weighted by Gasteiger charge is -2.29. The zero-order valence-electron chi connectivity index (χ0n) is 13.0. The number of rotatable bonds is 4. The van der Waals surface area contributed by atoms with Gasteiger partial charge in [0.25, 0.3) is 0 Å². The van der Waals surface area contributed by atoms with Gasteiger partial charge in [-0.15, -0.1) is 0 Å². The van der Waals surface area contributed by atoms with Gasteiger partial charge in [0.2, 0.25) is 5.95 Å². The maximum absolute atomic E-state index is 11.0. The van der Waals surface area contributed by atoms with Gasteiger partial charge < -0.3 is 35.0 Å². The highest BCUT2D eigenvalue weighted by Crippen LogP contribution is 2.44. The van der Waals surface area contributed by atoms with Crippen LogP contribution in [-0.2, 0) is 9.30 Å². The molecule has 0 saturated heterocycles. The third-order valence-corrected chi connectivity index (χ3v) is 5.02. The predicted octanol–water partition coefficient (Wildman–Crippen LogP) is -0.361. The molecule has 1 fully saturated rings. The number of halogens is 1. The van der Waals surface area contributed by atoms with Crippen LogP contribution in [0.1, 0.15) is 19.4 Å². The zero-order valence-corrected chi connectivity index (χ0v) is 14.7. The Labute approximate surface area is 146 Å². The number of nitrogens with two attached hydrogens (primary N) is 1. The summed E-state index contributed by atoms with van der Waals surface area (Å²) in [5.41, 5.74) is 4.48. The fourth-order valence-corrected chi connectivity index (χ4v) is 3.64. The van der Waals surface area contributed by atoms with E-state index in [0.29, 0.717) is 0 Å². The van der Waals surface area contributed by atoms with Crippen molar-refractivity contribution < 1.29 is 29.3 Å². The molecule has 2 heterocycles. The first kappa shape index (κ1) is 18.5. The smallest absolute Gasteiger partial charge is 0.350 e. The topological polar surface area (TPSA) is 177 Å². The minimum atomic E-state index is -4.41. The summed E-state index contributed by atoms with van der Waals surface area (Å²) in [5, 5.41) is 21.1. The number of fused-ring (bicyclic) bond motifs is 1. The molecule has 0 amide bonds. The highest BCUT2D eigenvalue weighted by atomic mass is 35.5. The van der Waals surface area contributed by atoms with Crippen molar-refractivity contribution in [3.05, 3.63) is 11.5 Å². The first-order valence-electron chi connectivity index (χ1n) is 7.23. The van der Waals surface area contributed by atoms with Crippen LogP contribution in [0, 0.1) is 0 Å². The summed E-state index contributed by atoms with van der Waals surface area (Å²) >= 11 is 5.98. The second-order valence-corrected chi connectivity index (χ2v) is 8.06. The number of hydrogen-bond donors (Lipinski definition) is 5. The van der Waals surface area contributed by atoms with Gasteiger partial charge in [-0.25, -0.2) is 4.98 Å². The van der Waals surface area contributed by atoms with Crippen LogP contribution < -0.4 is 5.73 Å². The average Bonchev–Trinajstić information content (AvgIpc) is 2.97. The van der Waals surface area contributed by atoms with E-state index < -0.39 is 37.8 Å². The SMILES string of the molecule is CC1(O)[C@H](O)[C@@H](OCP(=O)(O)O)C[C@H]1n1cnc2c(Cl)nc(N)nc21. The van der Waals surface area contributed by atoms with Crippen molar-refractivity contribution in [3.8, 4) is 0 Å². The fraction of sp³-hybridized carbons (Fsp3) is 0.583. The lowest BCUT2D eigenvalue weighted by Crippen LogP contribution is -2.44. The molecule has 25 heavy (non-hydrogen) atoms. The molecule has 0 radical (unpaired) electrons. The van der Waals surface area contributed by atoms with Crippen LogP contribution in [0.3, 0.4) is 0 Å². The second-order valence-electron chi connectivity index (χ2n) is 6.12. The molecular formula is C12H17ClN5O6P. The van der Waals surface area contributed by atoms with E-state index in [2.05, 4.69) is 15.0 Å². The third kappa shape index (κ3) is 3.36. The number of aliphatic hydroxyl groups excluding tert-OH is 1. The van der Waals surface area contributed by atoms with Crippen LogP contribution in [-0.4, -0.2) is 63.7 Å². The average molecular weight is 394 g/mol. The normalized spacial score (nSPS) is 30.2. The van der Waals surface area contributed by atoms with Gasteiger partial charge in [0.05, 0.1) is 18.5 Å². The molecule has 0 spiro atoms. The Kier molecular flexibility index (Phi) is 4.53. The van der Waals surface area contributed by atoms with E-state index in [1.807, 2.05) is 0 Å². The van der Waals surface area contributed by atoms with E-state index in [0.717, 1.165) is 0 Å². The first-order chi connectivity index (χ1) is 11.5. The Morgan fingerprint density at radius 2 is 2.20 bits per heavy atom.